The number of hydrogen-bond donors (Lipinski definition) is 0. The second-order valence-electron chi connectivity index (χ2n) is 4.15. The summed E-state index contributed by atoms with van der Waals surface area (Å²) in [6.07, 6.45) is -2.90. The van der Waals surface area contributed by atoms with Crippen LogP contribution in [0.1, 0.15) is 18.4 Å². The number of nitro groups is 1. The normalized spacial score (nSPS) is 16.1. The van der Waals surface area contributed by atoms with Gasteiger partial charge in [-0.2, -0.15) is 13.2 Å². The molecule has 1 aliphatic heterocycles. The van der Waals surface area contributed by atoms with Crippen LogP contribution in [0.5, 0.6) is 0 Å². The Kier molecular flexibility index (Phi) is 3.14. The van der Waals surface area contributed by atoms with Gasteiger partial charge in [-0.25, -0.2) is 0 Å². The first-order valence-corrected chi connectivity index (χ1v) is 5.50. The van der Waals surface area contributed by atoms with E-state index in [-0.39, 0.29) is 5.69 Å². The number of nitro benzene ring substituents is 1. The predicted molar refractivity (Wildman–Crippen MR) is 59.5 cm³/mol. The van der Waals surface area contributed by atoms with Crippen LogP contribution >= 0.6 is 0 Å². The van der Waals surface area contributed by atoms with Crippen LogP contribution in [-0.4, -0.2) is 18.0 Å². The maximum Gasteiger partial charge on any atom is 0.418 e. The van der Waals surface area contributed by atoms with Crippen LogP contribution in [0.4, 0.5) is 24.5 Å². The van der Waals surface area contributed by atoms with Gasteiger partial charge in [-0.15, -0.1) is 0 Å². The molecule has 2 rings (SSSR count). The fraction of sp³-hybridized carbons (Fsp3) is 0.455. The highest BCUT2D eigenvalue weighted by Crippen LogP contribution is 2.39. The summed E-state index contributed by atoms with van der Waals surface area (Å²) >= 11 is 0. The predicted octanol–water partition coefficient (Wildman–Crippen LogP) is 3.21. The number of hydrogen-bond acceptors (Lipinski definition) is 3. The van der Waals surface area contributed by atoms with E-state index in [1.54, 1.807) is 4.90 Å². The smallest absolute Gasteiger partial charge is 0.371 e. The van der Waals surface area contributed by atoms with Crippen LogP contribution in [0, 0.1) is 10.1 Å². The molecule has 1 aromatic carbocycles. The summed E-state index contributed by atoms with van der Waals surface area (Å²) in [5.74, 6) is 0. The molecule has 0 aliphatic carbocycles. The van der Waals surface area contributed by atoms with Gasteiger partial charge in [0.1, 0.15) is 0 Å². The Morgan fingerprint density at radius 3 is 2.33 bits per heavy atom. The first kappa shape index (κ1) is 12.7. The fourth-order valence-electron chi connectivity index (χ4n) is 2.10. The molecule has 0 unspecified atom stereocenters. The van der Waals surface area contributed by atoms with Gasteiger partial charge in [0, 0.05) is 30.9 Å². The molecule has 0 bridgehead atoms. The van der Waals surface area contributed by atoms with Gasteiger partial charge in [0.05, 0.1) is 10.5 Å². The Balaban J connectivity index is 2.48. The van der Waals surface area contributed by atoms with Crippen molar-refractivity contribution in [1.29, 1.82) is 0 Å². The minimum absolute atomic E-state index is 0.0330. The average Bonchev–Trinajstić information content (AvgIpc) is 2.80. The van der Waals surface area contributed by atoms with Crippen molar-refractivity contribution in [2.75, 3.05) is 18.0 Å². The van der Waals surface area contributed by atoms with E-state index >= 15 is 0 Å². The molecule has 0 atom stereocenters. The third-order valence-electron chi connectivity index (χ3n) is 2.94. The minimum Gasteiger partial charge on any atom is -0.371 e. The zero-order valence-electron chi connectivity index (χ0n) is 9.41. The van der Waals surface area contributed by atoms with E-state index in [9.17, 15) is 23.3 Å². The number of rotatable bonds is 2. The van der Waals surface area contributed by atoms with Crippen LogP contribution in [0.3, 0.4) is 0 Å². The van der Waals surface area contributed by atoms with E-state index in [0.29, 0.717) is 19.2 Å². The lowest BCUT2D eigenvalue weighted by atomic mass is 10.1. The van der Waals surface area contributed by atoms with Crippen LogP contribution in [0.25, 0.3) is 0 Å². The number of benzene rings is 1. The summed E-state index contributed by atoms with van der Waals surface area (Å²) in [5, 5.41) is 10.5. The third-order valence-corrected chi connectivity index (χ3v) is 2.94. The summed E-state index contributed by atoms with van der Waals surface area (Å²) in [6, 6.07) is 2.91. The molecule has 0 aromatic heterocycles. The Bertz CT molecular complexity index is 468. The fourth-order valence-corrected chi connectivity index (χ4v) is 2.10. The Morgan fingerprint density at radius 1 is 1.22 bits per heavy atom. The number of halogens is 3. The molecule has 0 radical (unpaired) electrons. The highest BCUT2D eigenvalue weighted by molar-refractivity contribution is 5.59. The zero-order valence-corrected chi connectivity index (χ0v) is 9.41. The molecule has 1 fully saturated rings. The summed E-state index contributed by atoms with van der Waals surface area (Å²) in [7, 11) is 0. The van der Waals surface area contributed by atoms with Crippen LogP contribution in [0.2, 0.25) is 0 Å². The van der Waals surface area contributed by atoms with E-state index in [1.807, 2.05) is 0 Å². The van der Waals surface area contributed by atoms with Crippen molar-refractivity contribution in [2.24, 2.45) is 0 Å². The quantitative estimate of drug-likeness (QED) is 0.606. The summed E-state index contributed by atoms with van der Waals surface area (Å²) < 4.78 is 38.7. The highest BCUT2D eigenvalue weighted by atomic mass is 19.4. The molecule has 7 heteroatoms. The zero-order chi connectivity index (χ0) is 13.3. The van der Waals surface area contributed by atoms with Gasteiger partial charge in [0.2, 0.25) is 0 Å². The van der Waals surface area contributed by atoms with Gasteiger partial charge in [0.25, 0.3) is 5.69 Å². The summed E-state index contributed by atoms with van der Waals surface area (Å²) in [5.41, 5.74) is -1.44. The second kappa shape index (κ2) is 4.47. The van der Waals surface area contributed by atoms with Crippen molar-refractivity contribution in [3.63, 3.8) is 0 Å². The lowest BCUT2D eigenvalue weighted by molar-refractivity contribution is -0.385. The van der Waals surface area contributed by atoms with Gasteiger partial charge in [-0.1, -0.05) is 0 Å². The molecule has 1 aliphatic rings. The van der Waals surface area contributed by atoms with Crippen molar-refractivity contribution >= 4 is 11.4 Å². The maximum absolute atomic E-state index is 12.9. The molecule has 1 aromatic rings. The lowest BCUT2D eigenvalue weighted by Gasteiger charge is -2.22. The van der Waals surface area contributed by atoms with E-state index in [2.05, 4.69) is 0 Å². The Hall–Kier alpha value is -1.79. The standard InChI is InChI=1S/C11H11F3N2O2/c12-11(13,14)9-7-8(16(17)18)3-4-10(9)15-5-1-2-6-15/h3-4,7H,1-2,5-6H2. The number of alkyl halides is 3. The second-order valence-corrected chi connectivity index (χ2v) is 4.15. The van der Waals surface area contributed by atoms with Gasteiger partial charge in [-0.05, 0) is 18.9 Å². The summed E-state index contributed by atoms with van der Waals surface area (Å²) in [4.78, 5) is 11.3. The van der Waals surface area contributed by atoms with Crippen molar-refractivity contribution in [3.05, 3.63) is 33.9 Å². The molecule has 18 heavy (non-hydrogen) atoms. The average molecular weight is 260 g/mol. The first-order chi connectivity index (χ1) is 8.39. The van der Waals surface area contributed by atoms with E-state index in [0.717, 1.165) is 18.9 Å². The van der Waals surface area contributed by atoms with Gasteiger partial charge < -0.3 is 4.90 Å². The molecular formula is C11H11F3N2O2. The van der Waals surface area contributed by atoms with Crippen LogP contribution in [-0.2, 0) is 6.18 Å². The third kappa shape index (κ3) is 2.39. The molecule has 98 valence electrons. The SMILES string of the molecule is O=[N+]([O-])c1ccc(N2CCCC2)c(C(F)(F)F)c1. The van der Waals surface area contributed by atoms with E-state index in [4.69, 9.17) is 0 Å². The van der Waals surface area contributed by atoms with Crippen LogP contribution < -0.4 is 4.90 Å². The van der Waals surface area contributed by atoms with Crippen molar-refractivity contribution in [1.82, 2.24) is 0 Å². The van der Waals surface area contributed by atoms with E-state index < -0.39 is 22.4 Å². The number of anilines is 1. The van der Waals surface area contributed by atoms with Crippen molar-refractivity contribution < 1.29 is 18.1 Å². The Morgan fingerprint density at radius 2 is 1.83 bits per heavy atom. The molecule has 0 saturated carbocycles. The molecule has 0 amide bonds. The molecule has 1 saturated heterocycles. The topological polar surface area (TPSA) is 46.4 Å². The monoisotopic (exact) mass is 260 g/mol. The molecule has 0 spiro atoms. The molecule has 0 N–H and O–H groups in total. The number of nitrogens with zero attached hydrogens (tertiary/aromatic N) is 2. The van der Waals surface area contributed by atoms with Gasteiger partial charge in [-0.3, -0.25) is 10.1 Å². The first-order valence-electron chi connectivity index (χ1n) is 5.50. The summed E-state index contributed by atoms with van der Waals surface area (Å²) in [6.45, 7) is 1.11. The van der Waals surface area contributed by atoms with Gasteiger partial charge >= 0.3 is 6.18 Å². The highest BCUT2D eigenvalue weighted by Gasteiger charge is 2.36. The lowest BCUT2D eigenvalue weighted by Crippen LogP contribution is -2.22. The minimum atomic E-state index is -4.58. The largest absolute Gasteiger partial charge is 0.418 e. The van der Waals surface area contributed by atoms with Crippen molar-refractivity contribution in [3.8, 4) is 0 Å². The maximum atomic E-state index is 12.9. The van der Waals surface area contributed by atoms with Gasteiger partial charge in [0.15, 0.2) is 0 Å². The van der Waals surface area contributed by atoms with Crippen molar-refractivity contribution in [2.45, 2.75) is 19.0 Å². The number of non-ortho nitro benzene ring substituents is 1. The van der Waals surface area contributed by atoms with E-state index in [1.165, 1.54) is 6.07 Å². The molecule has 1 heterocycles. The molecule has 4 nitrogen and oxygen atoms in total. The van der Waals surface area contributed by atoms with Crippen LogP contribution in [0.15, 0.2) is 18.2 Å². The molecular weight excluding hydrogens is 249 g/mol. The Labute approximate surface area is 101 Å².